The van der Waals surface area contributed by atoms with E-state index in [4.69, 9.17) is 5.73 Å². The number of aromatic nitrogens is 2. The Balaban J connectivity index is 2.83. The molecule has 3 nitrogen and oxygen atoms in total. The maximum atomic E-state index is 7.29. The molecule has 0 fully saturated rings. The molecule has 1 N–H and O–H groups in total. The minimum Gasteiger partial charge on any atom is -0.299 e. The average Bonchev–Trinajstić information content (AvgIpc) is 2.04. The fraction of sp³-hybridized carbons (Fsp3) is 0. The summed E-state index contributed by atoms with van der Waals surface area (Å²) in [5.41, 5.74) is 8.41. The lowest BCUT2D eigenvalue weighted by Gasteiger charge is -1.94. The molecule has 0 aliphatic heterocycles. The van der Waals surface area contributed by atoms with E-state index in [1.807, 2.05) is 12.1 Å². The first-order valence-electron chi connectivity index (χ1n) is 3.28. The van der Waals surface area contributed by atoms with E-state index in [1.54, 1.807) is 12.3 Å². The zero-order chi connectivity index (χ0) is 7.68. The van der Waals surface area contributed by atoms with Crippen molar-refractivity contribution < 1.29 is 0 Å². The number of hydrogen-bond donors (Lipinski definition) is 0. The molecule has 53 valence electrons. The van der Waals surface area contributed by atoms with Crippen LogP contribution >= 0.6 is 0 Å². The molecule has 0 saturated carbocycles. The van der Waals surface area contributed by atoms with Crippen LogP contribution in [0.25, 0.3) is 11.0 Å². The van der Waals surface area contributed by atoms with Gasteiger partial charge in [-0.05, 0) is 18.2 Å². The highest BCUT2D eigenvalue weighted by atomic mass is 14.8. The fourth-order valence-electron chi connectivity index (χ4n) is 0.965. The van der Waals surface area contributed by atoms with Gasteiger partial charge in [0.1, 0.15) is 0 Å². The molecule has 0 aliphatic rings. The first-order chi connectivity index (χ1) is 5.36. The molecule has 2 rings (SSSR count). The minimum atomic E-state index is 0.422. The highest BCUT2D eigenvalue weighted by Crippen LogP contribution is 2.11. The van der Waals surface area contributed by atoms with Crippen molar-refractivity contribution in [1.29, 1.82) is 0 Å². The lowest BCUT2D eigenvalue weighted by atomic mass is 10.3. The molecule has 2 aromatic heterocycles. The molecule has 0 aromatic carbocycles. The van der Waals surface area contributed by atoms with Crippen molar-refractivity contribution in [1.82, 2.24) is 15.7 Å². The van der Waals surface area contributed by atoms with Crippen molar-refractivity contribution in [2.75, 3.05) is 0 Å². The number of rotatable bonds is 0. The van der Waals surface area contributed by atoms with Crippen LogP contribution in [0, 0.1) is 0 Å². The van der Waals surface area contributed by atoms with Crippen LogP contribution in [0.4, 0.5) is 5.69 Å². The lowest BCUT2D eigenvalue weighted by Crippen LogP contribution is -1.81. The van der Waals surface area contributed by atoms with Gasteiger partial charge in [-0.3, -0.25) is 5.73 Å². The zero-order valence-corrected chi connectivity index (χ0v) is 5.78. The topological polar surface area (TPSA) is 49.6 Å². The van der Waals surface area contributed by atoms with Crippen LogP contribution in [-0.4, -0.2) is 9.97 Å². The van der Waals surface area contributed by atoms with Crippen molar-refractivity contribution in [3.05, 3.63) is 30.6 Å². The molecule has 0 aliphatic carbocycles. The number of pyridine rings is 2. The first kappa shape index (κ1) is 6.09. The van der Waals surface area contributed by atoms with Crippen LogP contribution in [0.15, 0.2) is 30.6 Å². The maximum Gasteiger partial charge on any atom is 0.159 e. The zero-order valence-electron chi connectivity index (χ0n) is 5.78. The Morgan fingerprint density at radius 1 is 1.27 bits per heavy atom. The van der Waals surface area contributed by atoms with Crippen LogP contribution in [-0.2, 0) is 0 Å². The van der Waals surface area contributed by atoms with E-state index < -0.39 is 0 Å². The molecule has 2 aromatic rings. The van der Waals surface area contributed by atoms with Crippen molar-refractivity contribution >= 4 is 16.7 Å². The molecule has 0 bridgehead atoms. The SMILES string of the molecule is [NH]c1cnc2ncccc2c1. The van der Waals surface area contributed by atoms with Gasteiger partial charge in [0, 0.05) is 11.6 Å². The standard InChI is InChI=1S/C8H6N3/c9-7-4-6-2-1-3-10-8(6)11-5-7/h1-5,9H. The first-order valence-corrected chi connectivity index (χ1v) is 3.28. The van der Waals surface area contributed by atoms with Crippen molar-refractivity contribution in [2.45, 2.75) is 0 Å². The molecular weight excluding hydrogens is 138 g/mol. The van der Waals surface area contributed by atoms with Gasteiger partial charge in [0.15, 0.2) is 5.65 Å². The molecule has 0 saturated heterocycles. The molecule has 11 heavy (non-hydrogen) atoms. The summed E-state index contributed by atoms with van der Waals surface area (Å²) in [7, 11) is 0. The summed E-state index contributed by atoms with van der Waals surface area (Å²) in [4.78, 5) is 8.01. The van der Waals surface area contributed by atoms with Gasteiger partial charge >= 0.3 is 0 Å². The smallest absolute Gasteiger partial charge is 0.159 e. The molecule has 0 spiro atoms. The summed E-state index contributed by atoms with van der Waals surface area (Å²) in [6.07, 6.45) is 3.19. The highest BCUT2D eigenvalue weighted by molar-refractivity contribution is 5.76. The fourth-order valence-corrected chi connectivity index (χ4v) is 0.965. The van der Waals surface area contributed by atoms with E-state index in [1.165, 1.54) is 6.20 Å². The van der Waals surface area contributed by atoms with E-state index in [-0.39, 0.29) is 0 Å². The molecule has 0 unspecified atom stereocenters. The molecule has 3 heteroatoms. The third kappa shape index (κ3) is 1.00. The monoisotopic (exact) mass is 144 g/mol. The normalized spacial score (nSPS) is 10.2. The Kier molecular flexibility index (Phi) is 1.22. The molecular formula is C8H6N3. The minimum absolute atomic E-state index is 0.422. The summed E-state index contributed by atoms with van der Waals surface area (Å²) in [5.74, 6) is 0. The number of nitrogens with zero attached hydrogens (tertiary/aromatic N) is 2. The van der Waals surface area contributed by atoms with Crippen LogP contribution in [0.2, 0.25) is 0 Å². The van der Waals surface area contributed by atoms with Gasteiger partial charge in [-0.1, -0.05) is 0 Å². The molecule has 0 amide bonds. The summed E-state index contributed by atoms with van der Waals surface area (Å²) < 4.78 is 0. The van der Waals surface area contributed by atoms with Gasteiger partial charge in [-0.2, -0.15) is 0 Å². The second-order valence-electron chi connectivity index (χ2n) is 2.27. The summed E-state index contributed by atoms with van der Waals surface area (Å²) >= 11 is 0. The van der Waals surface area contributed by atoms with Crippen molar-refractivity contribution in [2.24, 2.45) is 0 Å². The highest BCUT2D eigenvalue weighted by Gasteiger charge is 1.93. The third-order valence-corrected chi connectivity index (χ3v) is 1.45. The summed E-state index contributed by atoms with van der Waals surface area (Å²) in [6, 6.07) is 5.48. The van der Waals surface area contributed by atoms with E-state index >= 15 is 0 Å². The third-order valence-electron chi connectivity index (χ3n) is 1.45. The van der Waals surface area contributed by atoms with E-state index in [2.05, 4.69) is 9.97 Å². The Hall–Kier alpha value is -1.64. The van der Waals surface area contributed by atoms with Gasteiger partial charge in [-0.15, -0.1) is 0 Å². The van der Waals surface area contributed by atoms with E-state index in [9.17, 15) is 0 Å². The predicted molar refractivity (Wildman–Crippen MR) is 42.3 cm³/mol. The predicted octanol–water partition coefficient (Wildman–Crippen LogP) is 1.54. The Morgan fingerprint density at radius 2 is 2.18 bits per heavy atom. The molecule has 0 atom stereocenters. The second kappa shape index (κ2) is 2.20. The number of nitrogens with one attached hydrogen (secondary N) is 1. The van der Waals surface area contributed by atoms with Crippen LogP contribution < -0.4 is 5.73 Å². The summed E-state index contributed by atoms with van der Waals surface area (Å²) in [6.45, 7) is 0. The van der Waals surface area contributed by atoms with E-state index in [0.717, 1.165) is 5.39 Å². The van der Waals surface area contributed by atoms with Gasteiger partial charge in [-0.25, -0.2) is 9.97 Å². The van der Waals surface area contributed by atoms with Crippen LogP contribution in [0.1, 0.15) is 0 Å². The van der Waals surface area contributed by atoms with Gasteiger partial charge < -0.3 is 0 Å². The number of hydrogen-bond acceptors (Lipinski definition) is 2. The largest absolute Gasteiger partial charge is 0.299 e. The van der Waals surface area contributed by atoms with Crippen molar-refractivity contribution in [3.63, 3.8) is 0 Å². The van der Waals surface area contributed by atoms with Gasteiger partial charge in [0.25, 0.3) is 0 Å². The lowest BCUT2D eigenvalue weighted by molar-refractivity contribution is 1.27. The maximum absolute atomic E-state index is 7.29. The Labute approximate surface area is 63.9 Å². The van der Waals surface area contributed by atoms with Crippen LogP contribution in [0.5, 0.6) is 0 Å². The van der Waals surface area contributed by atoms with Gasteiger partial charge in [0.2, 0.25) is 0 Å². The molecule has 2 heterocycles. The second-order valence-corrected chi connectivity index (χ2v) is 2.27. The summed E-state index contributed by atoms with van der Waals surface area (Å²) in [5, 5.41) is 0.917. The van der Waals surface area contributed by atoms with Gasteiger partial charge in [0.05, 0.1) is 11.9 Å². The van der Waals surface area contributed by atoms with E-state index in [0.29, 0.717) is 11.3 Å². The van der Waals surface area contributed by atoms with Crippen LogP contribution in [0.3, 0.4) is 0 Å². The number of fused-ring (bicyclic) bond motifs is 1. The molecule has 1 radical (unpaired) electrons. The van der Waals surface area contributed by atoms with Crippen molar-refractivity contribution in [3.8, 4) is 0 Å². The average molecular weight is 144 g/mol. The Morgan fingerprint density at radius 3 is 3.09 bits per heavy atom. The Bertz CT molecular complexity index is 384. The quantitative estimate of drug-likeness (QED) is 0.563.